The topological polar surface area (TPSA) is 59.8 Å². The van der Waals surface area contributed by atoms with E-state index < -0.39 is 0 Å². The third-order valence-corrected chi connectivity index (χ3v) is 4.25. The van der Waals surface area contributed by atoms with E-state index in [1.54, 1.807) is 36.6 Å². The first-order valence-electron chi connectivity index (χ1n) is 7.47. The van der Waals surface area contributed by atoms with Gasteiger partial charge in [0, 0.05) is 0 Å². The van der Waals surface area contributed by atoms with Gasteiger partial charge in [0.1, 0.15) is 23.9 Å². The first-order chi connectivity index (χ1) is 12.1. The van der Waals surface area contributed by atoms with Crippen LogP contribution < -0.4 is 4.74 Å². The SMILES string of the molecule is O=C1S/C(=C\C=C\c2ccco2)C(=O)N1CCOc1ccc(F)cc1. The van der Waals surface area contributed by atoms with Crippen molar-refractivity contribution in [1.82, 2.24) is 4.90 Å². The standard InChI is InChI=1S/C18H14FNO4S/c19-13-6-8-15(9-7-13)24-12-10-20-17(21)16(25-18(20)22)5-1-3-14-4-2-11-23-14/h1-9,11H,10,12H2/b3-1+,16-5-. The predicted octanol–water partition coefficient (Wildman–Crippen LogP) is 4.09. The molecule has 0 bridgehead atoms. The van der Waals surface area contributed by atoms with Crippen molar-refractivity contribution >= 4 is 29.0 Å². The quantitative estimate of drug-likeness (QED) is 0.727. The van der Waals surface area contributed by atoms with E-state index in [0.29, 0.717) is 16.4 Å². The van der Waals surface area contributed by atoms with Crippen LogP contribution in [0.4, 0.5) is 9.18 Å². The number of hydrogen-bond acceptors (Lipinski definition) is 5. The molecule has 0 atom stereocenters. The molecule has 0 saturated carbocycles. The molecule has 128 valence electrons. The van der Waals surface area contributed by atoms with Gasteiger partial charge in [0.25, 0.3) is 11.1 Å². The van der Waals surface area contributed by atoms with Crippen molar-refractivity contribution in [3.8, 4) is 5.75 Å². The number of halogens is 1. The maximum atomic E-state index is 12.8. The van der Waals surface area contributed by atoms with E-state index in [0.717, 1.165) is 16.7 Å². The molecule has 2 heterocycles. The first-order valence-corrected chi connectivity index (χ1v) is 8.29. The van der Waals surface area contributed by atoms with Crippen molar-refractivity contribution in [3.05, 3.63) is 71.3 Å². The van der Waals surface area contributed by atoms with Gasteiger partial charge in [-0.25, -0.2) is 4.39 Å². The van der Waals surface area contributed by atoms with Crippen molar-refractivity contribution < 1.29 is 23.1 Å². The van der Waals surface area contributed by atoms with Gasteiger partial charge in [0.15, 0.2) is 0 Å². The van der Waals surface area contributed by atoms with Gasteiger partial charge < -0.3 is 9.15 Å². The van der Waals surface area contributed by atoms with E-state index in [9.17, 15) is 14.0 Å². The fourth-order valence-corrected chi connectivity index (χ4v) is 2.93. The molecule has 1 saturated heterocycles. The van der Waals surface area contributed by atoms with Crippen molar-refractivity contribution in [2.24, 2.45) is 0 Å². The van der Waals surface area contributed by atoms with Crippen LogP contribution in [-0.2, 0) is 4.79 Å². The van der Waals surface area contributed by atoms with Gasteiger partial charge in [-0.3, -0.25) is 14.5 Å². The Morgan fingerprint density at radius 1 is 1.20 bits per heavy atom. The Bertz CT molecular complexity index is 812. The molecule has 7 heteroatoms. The summed E-state index contributed by atoms with van der Waals surface area (Å²) in [6.45, 7) is 0.264. The maximum Gasteiger partial charge on any atom is 0.293 e. The van der Waals surface area contributed by atoms with Crippen LogP contribution in [0, 0.1) is 5.82 Å². The summed E-state index contributed by atoms with van der Waals surface area (Å²) in [5, 5.41) is -0.342. The molecule has 2 amide bonds. The van der Waals surface area contributed by atoms with Gasteiger partial charge >= 0.3 is 0 Å². The molecule has 5 nitrogen and oxygen atoms in total. The Balaban J connectivity index is 1.54. The summed E-state index contributed by atoms with van der Waals surface area (Å²) in [5.74, 6) is 0.418. The fourth-order valence-electron chi connectivity index (χ4n) is 2.11. The summed E-state index contributed by atoms with van der Waals surface area (Å²) in [6.07, 6.45) is 6.49. The molecule has 1 aromatic carbocycles. The maximum absolute atomic E-state index is 12.8. The Kier molecular flexibility index (Phi) is 5.35. The normalized spacial score (nSPS) is 16.4. The average molecular weight is 359 g/mol. The predicted molar refractivity (Wildman–Crippen MR) is 92.4 cm³/mol. The Hall–Kier alpha value is -2.80. The van der Waals surface area contributed by atoms with E-state index in [-0.39, 0.29) is 30.1 Å². The zero-order chi connectivity index (χ0) is 17.6. The zero-order valence-corrected chi connectivity index (χ0v) is 13.9. The molecule has 1 aliphatic rings. The van der Waals surface area contributed by atoms with Crippen LogP contribution in [0.5, 0.6) is 5.75 Å². The second kappa shape index (κ2) is 7.85. The molecule has 1 aromatic heterocycles. The Labute approximate surface area is 147 Å². The van der Waals surface area contributed by atoms with Crippen LogP contribution >= 0.6 is 11.8 Å². The molecule has 0 N–H and O–H groups in total. The highest BCUT2D eigenvalue weighted by Crippen LogP contribution is 2.30. The first kappa shape index (κ1) is 17.0. The molecular weight excluding hydrogens is 345 g/mol. The number of ether oxygens (including phenoxy) is 1. The summed E-state index contributed by atoms with van der Waals surface area (Å²) < 4.78 is 23.4. The highest BCUT2D eigenvalue weighted by atomic mass is 32.2. The molecular formula is C18H14FNO4S. The van der Waals surface area contributed by atoms with Gasteiger partial charge in [0.2, 0.25) is 0 Å². The Morgan fingerprint density at radius 2 is 2.00 bits per heavy atom. The van der Waals surface area contributed by atoms with Crippen LogP contribution in [0.2, 0.25) is 0 Å². The third-order valence-electron chi connectivity index (χ3n) is 3.32. The summed E-state index contributed by atoms with van der Waals surface area (Å²) in [7, 11) is 0. The number of nitrogens with zero attached hydrogens (tertiary/aromatic N) is 1. The molecule has 0 spiro atoms. The number of amides is 2. The van der Waals surface area contributed by atoms with Crippen molar-refractivity contribution in [2.45, 2.75) is 0 Å². The van der Waals surface area contributed by atoms with E-state index in [2.05, 4.69) is 0 Å². The van der Waals surface area contributed by atoms with Gasteiger partial charge in [-0.2, -0.15) is 0 Å². The highest BCUT2D eigenvalue weighted by Gasteiger charge is 2.34. The minimum atomic E-state index is -0.359. The van der Waals surface area contributed by atoms with Crippen molar-refractivity contribution in [2.75, 3.05) is 13.2 Å². The van der Waals surface area contributed by atoms with Crippen molar-refractivity contribution in [3.63, 3.8) is 0 Å². The summed E-state index contributed by atoms with van der Waals surface area (Å²) in [5.41, 5.74) is 0. The minimum absolute atomic E-state index is 0.126. The summed E-state index contributed by atoms with van der Waals surface area (Å²) in [6, 6.07) is 9.08. The zero-order valence-electron chi connectivity index (χ0n) is 13.1. The molecule has 0 radical (unpaired) electrons. The lowest BCUT2D eigenvalue weighted by Gasteiger charge is -2.13. The van der Waals surface area contributed by atoms with E-state index in [4.69, 9.17) is 9.15 Å². The number of thioether (sulfide) groups is 1. The number of benzene rings is 1. The number of furan rings is 1. The second-order valence-electron chi connectivity index (χ2n) is 5.03. The molecule has 0 unspecified atom stereocenters. The number of carbonyl (C=O) groups is 2. The lowest BCUT2D eigenvalue weighted by Crippen LogP contribution is -2.32. The van der Waals surface area contributed by atoms with Crippen LogP contribution in [-0.4, -0.2) is 29.2 Å². The van der Waals surface area contributed by atoms with Gasteiger partial charge in [-0.05, 0) is 60.3 Å². The monoisotopic (exact) mass is 359 g/mol. The Morgan fingerprint density at radius 3 is 2.72 bits per heavy atom. The largest absolute Gasteiger partial charge is 0.492 e. The van der Waals surface area contributed by atoms with Gasteiger partial charge in [-0.15, -0.1) is 0 Å². The highest BCUT2D eigenvalue weighted by molar-refractivity contribution is 8.18. The van der Waals surface area contributed by atoms with E-state index >= 15 is 0 Å². The number of rotatable bonds is 6. The molecule has 0 aliphatic carbocycles. The lowest BCUT2D eigenvalue weighted by molar-refractivity contribution is -0.123. The lowest BCUT2D eigenvalue weighted by atomic mass is 10.3. The number of imide groups is 1. The summed E-state index contributed by atoms with van der Waals surface area (Å²) in [4.78, 5) is 25.7. The number of carbonyl (C=O) groups excluding carboxylic acids is 2. The second-order valence-corrected chi connectivity index (χ2v) is 6.03. The number of hydrogen-bond donors (Lipinski definition) is 0. The molecule has 1 aliphatic heterocycles. The average Bonchev–Trinajstić information content (AvgIpc) is 3.20. The fraction of sp³-hybridized carbons (Fsp3) is 0.111. The van der Waals surface area contributed by atoms with Crippen LogP contribution in [0.1, 0.15) is 5.76 Å². The molecule has 1 fully saturated rings. The van der Waals surface area contributed by atoms with Crippen LogP contribution in [0.3, 0.4) is 0 Å². The van der Waals surface area contributed by atoms with Crippen LogP contribution in [0.15, 0.2) is 64.1 Å². The smallest absolute Gasteiger partial charge is 0.293 e. The van der Waals surface area contributed by atoms with Crippen LogP contribution in [0.25, 0.3) is 6.08 Å². The summed E-state index contributed by atoms with van der Waals surface area (Å²) >= 11 is 0.879. The van der Waals surface area contributed by atoms with E-state index in [1.165, 1.54) is 24.3 Å². The molecule has 3 rings (SSSR count). The minimum Gasteiger partial charge on any atom is -0.492 e. The van der Waals surface area contributed by atoms with E-state index in [1.807, 2.05) is 0 Å². The third kappa shape index (κ3) is 4.39. The van der Waals surface area contributed by atoms with Gasteiger partial charge in [0.05, 0.1) is 17.7 Å². The van der Waals surface area contributed by atoms with Gasteiger partial charge in [-0.1, -0.05) is 6.08 Å². The van der Waals surface area contributed by atoms with Crippen molar-refractivity contribution in [1.29, 1.82) is 0 Å². The molecule has 25 heavy (non-hydrogen) atoms. The number of allylic oxidation sites excluding steroid dienone is 2. The molecule has 2 aromatic rings.